The van der Waals surface area contributed by atoms with E-state index in [1.165, 1.54) is 0 Å². The summed E-state index contributed by atoms with van der Waals surface area (Å²) < 4.78 is 5.65. The molecule has 2 aromatic rings. The smallest absolute Gasteiger partial charge is 0.119 e. The van der Waals surface area contributed by atoms with Crippen molar-refractivity contribution >= 4 is 5.69 Å². The third-order valence-corrected chi connectivity index (χ3v) is 2.30. The molecule has 3 nitrogen and oxygen atoms in total. The maximum absolute atomic E-state index is 5.65. The molecule has 0 fully saturated rings. The van der Waals surface area contributed by atoms with Crippen molar-refractivity contribution in [2.75, 3.05) is 7.05 Å². The van der Waals surface area contributed by atoms with E-state index >= 15 is 0 Å². The summed E-state index contributed by atoms with van der Waals surface area (Å²) in [4.78, 5) is 0. The summed E-state index contributed by atoms with van der Waals surface area (Å²) in [7, 11) is 1.65. The molecule has 0 aliphatic rings. The lowest BCUT2D eigenvalue weighted by molar-refractivity contribution is 0.306. The number of rotatable bonds is 4. The molecule has 0 saturated carbocycles. The zero-order chi connectivity index (χ0) is 11.9. The second kappa shape index (κ2) is 5.80. The molecule has 0 amide bonds. The monoisotopic (exact) mass is 226 g/mol. The van der Waals surface area contributed by atoms with Crippen LogP contribution in [0.4, 0.5) is 5.69 Å². The van der Waals surface area contributed by atoms with Gasteiger partial charge in [-0.15, -0.1) is 0 Å². The molecule has 0 unspecified atom stereocenters. The second-order valence-electron chi connectivity index (χ2n) is 3.57. The number of hydrogen-bond donors (Lipinski definition) is 0. The summed E-state index contributed by atoms with van der Waals surface area (Å²) in [6.07, 6.45) is 0. The fourth-order valence-corrected chi connectivity index (χ4v) is 1.47. The van der Waals surface area contributed by atoms with E-state index in [1.54, 1.807) is 7.05 Å². The minimum Gasteiger partial charge on any atom is -0.489 e. The molecule has 0 bridgehead atoms. The minimum absolute atomic E-state index is 0.579. The molecule has 2 rings (SSSR count). The third kappa shape index (κ3) is 3.41. The summed E-state index contributed by atoms with van der Waals surface area (Å²) in [6, 6.07) is 17.6. The van der Waals surface area contributed by atoms with E-state index in [4.69, 9.17) is 4.74 Å². The quantitative estimate of drug-likeness (QED) is 0.726. The molecule has 0 aliphatic carbocycles. The Bertz CT molecular complexity index is 477. The Morgan fingerprint density at radius 2 is 1.65 bits per heavy atom. The highest BCUT2D eigenvalue weighted by Crippen LogP contribution is 2.19. The number of ether oxygens (including phenoxy) is 1. The van der Waals surface area contributed by atoms with Crippen molar-refractivity contribution < 1.29 is 4.74 Å². The zero-order valence-corrected chi connectivity index (χ0v) is 9.71. The lowest BCUT2D eigenvalue weighted by atomic mass is 10.2. The molecule has 0 heterocycles. The maximum Gasteiger partial charge on any atom is 0.119 e. The van der Waals surface area contributed by atoms with E-state index in [9.17, 15) is 0 Å². The van der Waals surface area contributed by atoms with Crippen molar-refractivity contribution in [3.63, 3.8) is 0 Å². The van der Waals surface area contributed by atoms with Gasteiger partial charge < -0.3 is 4.74 Å². The largest absolute Gasteiger partial charge is 0.489 e. The van der Waals surface area contributed by atoms with E-state index in [0.717, 1.165) is 17.0 Å². The summed E-state index contributed by atoms with van der Waals surface area (Å²) in [5.41, 5.74) is 1.99. The van der Waals surface area contributed by atoms with Crippen LogP contribution in [-0.2, 0) is 6.61 Å². The van der Waals surface area contributed by atoms with Crippen LogP contribution in [0.5, 0.6) is 5.75 Å². The molecule has 0 radical (unpaired) electrons. The first kappa shape index (κ1) is 11.3. The van der Waals surface area contributed by atoms with Crippen LogP contribution in [0.2, 0.25) is 0 Å². The van der Waals surface area contributed by atoms with Crippen molar-refractivity contribution in [2.45, 2.75) is 6.61 Å². The topological polar surface area (TPSA) is 34.0 Å². The van der Waals surface area contributed by atoms with Crippen molar-refractivity contribution in [1.82, 2.24) is 0 Å². The highest BCUT2D eigenvalue weighted by molar-refractivity contribution is 5.40. The lowest BCUT2D eigenvalue weighted by Crippen LogP contribution is -1.94. The van der Waals surface area contributed by atoms with Crippen LogP contribution in [-0.4, -0.2) is 7.05 Å². The van der Waals surface area contributed by atoms with Crippen LogP contribution in [0.15, 0.2) is 64.8 Å². The predicted octanol–water partition coefficient (Wildman–Crippen LogP) is 3.98. The van der Waals surface area contributed by atoms with Gasteiger partial charge in [-0.05, 0) is 29.8 Å². The van der Waals surface area contributed by atoms with Gasteiger partial charge in [0.15, 0.2) is 0 Å². The van der Waals surface area contributed by atoms with Gasteiger partial charge in [0.25, 0.3) is 0 Å². The van der Waals surface area contributed by atoms with Gasteiger partial charge in [-0.3, -0.25) is 0 Å². The van der Waals surface area contributed by atoms with E-state index in [2.05, 4.69) is 10.2 Å². The van der Waals surface area contributed by atoms with E-state index in [1.807, 2.05) is 54.6 Å². The fourth-order valence-electron chi connectivity index (χ4n) is 1.47. The summed E-state index contributed by atoms with van der Waals surface area (Å²) in [5.74, 6) is 0.837. The average molecular weight is 226 g/mol. The van der Waals surface area contributed by atoms with Crippen molar-refractivity contribution in [1.29, 1.82) is 0 Å². The average Bonchev–Trinajstić information content (AvgIpc) is 2.40. The molecule has 0 spiro atoms. The van der Waals surface area contributed by atoms with Crippen molar-refractivity contribution in [3.8, 4) is 5.75 Å². The van der Waals surface area contributed by atoms with Gasteiger partial charge in [-0.2, -0.15) is 10.2 Å². The Morgan fingerprint density at radius 1 is 0.941 bits per heavy atom. The molecule has 0 aromatic heterocycles. The minimum atomic E-state index is 0.579. The fraction of sp³-hybridized carbons (Fsp3) is 0.143. The van der Waals surface area contributed by atoms with Gasteiger partial charge in [0.2, 0.25) is 0 Å². The Balaban J connectivity index is 1.95. The summed E-state index contributed by atoms with van der Waals surface area (Å²) in [6.45, 7) is 0.579. The van der Waals surface area contributed by atoms with Gasteiger partial charge >= 0.3 is 0 Å². The normalized spacial score (nSPS) is 10.6. The van der Waals surface area contributed by atoms with Crippen LogP contribution < -0.4 is 4.74 Å². The van der Waals surface area contributed by atoms with E-state index in [-0.39, 0.29) is 0 Å². The molecule has 3 heteroatoms. The van der Waals surface area contributed by atoms with Crippen LogP contribution in [0.25, 0.3) is 0 Å². The van der Waals surface area contributed by atoms with Crippen LogP contribution in [0.1, 0.15) is 5.56 Å². The van der Waals surface area contributed by atoms with Gasteiger partial charge in [0.1, 0.15) is 12.4 Å². The lowest BCUT2D eigenvalue weighted by Gasteiger charge is -2.05. The van der Waals surface area contributed by atoms with Crippen LogP contribution in [0, 0.1) is 0 Å². The number of hydrogen-bond acceptors (Lipinski definition) is 3. The third-order valence-electron chi connectivity index (χ3n) is 2.30. The highest BCUT2D eigenvalue weighted by Gasteiger charge is 1.95. The van der Waals surface area contributed by atoms with Gasteiger partial charge in [0, 0.05) is 7.05 Å². The van der Waals surface area contributed by atoms with Crippen molar-refractivity contribution in [3.05, 3.63) is 60.2 Å². The molecule has 0 N–H and O–H groups in total. The Labute approximate surface area is 101 Å². The number of benzene rings is 2. The van der Waals surface area contributed by atoms with E-state index in [0.29, 0.717) is 6.61 Å². The Morgan fingerprint density at radius 3 is 2.29 bits per heavy atom. The SMILES string of the molecule is CN=Nc1ccc(OCc2ccccc2)cc1. The van der Waals surface area contributed by atoms with Gasteiger partial charge in [-0.1, -0.05) is 30.3 Å². The Hall–Kier alpha value is -2.16. The zero-order valence-electron chi connectivity index (χ0n) is 9.71. The predicted molar refractivity (Wildman–Crippen MR) is 67.7 cm³/mol. The standard InChI is InChI=1S/C14H14N2O/c1-15-16-13-7-9-14(10-8-13)17-11-12-5-3-2-4-6-12/h2-10H,11H2,1H3. The first-order chi connectivity index (χ1) is 8.38. The summed E-state index contributed by atoms with van der Waals surface area (Å²) in [5, 5.41) is 7.65. The Kier molecular flexibility index (Phi) is 3.86. The van der Waals surface area contributed by atoms with Crippen LogP contribution in [0.3, 0.4) is 0 Å². The molecule has 17 heavy (non-hydrogen) atoms. The molecular weight excluding hydrogens is 212 g/mol. The second-order valence-corrected chi connectivity index (χ2v) is 3.57. The molecule has 0 aliphatic heterocycles. The molecule has 0 saturated heterocycles. The first-order valence-electron chi connectivity index (χ1n) is 5.45. The molecular formula is C14H14N2O. The highest BCUT2D eigenvalue weighted by atomic mass is 16.5. The number of azo groups is 1. The van der Waals surface area contributed by atoms with Crippen LogP contribution >= 0.6 is 0 Å². The first-order valence-corrected chi connectivity index (χ1v) is 5.45. The molecule has 0 atom stereocenters. The van der Waals surface area contributed by atoms with Gasteiger partial charge in [0.05, 0.1) is 5.69 Å². The van der Waals surface area contributed by atoms with Crippen molar-refractivity contribution in [2.24, 2.45) is 10.2 Å². The number of nitrogens with zero attached hydrogens (tertiary/aromatic N) is 2. The molecule has 86 valence electrons. The summed E-state index contributed by atoms with van der Waals surface area (Å²) >= 11 is 0. The van der Waals surface area contributed by atoms with Gasteiger partial charge in [-0.25, -0.2) is 0 Å². The molecule has 2 aromatic carbocycles. The van der Waals surface area contributed by atoms with E-state index < -0.39 is 0 Å². The maximum atomic E-state index is 5.65.